The minimum Gasteiger partial charge on any atom is -0.491 e. The summed E-state index contributed by atoms with van der Waals surface area (Å²) < 4.78 is 10.8. The van der Waals surface area contributed by atoms with Gasteiger partial charge in [0.05, 0.1) is 18.7 Å². The summed E-state index contributed by atoms with van der Waals surface area (Å²) in [5, 5.41) is 9.70. The van der Waals surface area contributed by atoms with E-state index >= 15 is 0 Å². The molecule has 6 heteroatoms. The van der Waals surface area contributed by atoms with Gasteiger partial charge in [0.2, 0.25) is 0 Å². The maximum absolute atomic E-state index is 11.2. The van der Waals surface area contributed by atoms with E-state index in [2.05, 4.69) is 0 Å². The Bertz CT molecular complexity index is 521. The first-order chi connectivity index (χ1) is 10.1. The third-order valence-corrected chi connectivity index (χ3v) is 3.89. The molecule has 0 bridgehead atoms. The van der Waals surface area contributed by atoms with E-state index in [1.807, 2.05) is 17.9 Å². The number of carboxylic acid groups (broad SMARTS) is 1. The van der Waals surface area contributed by atoms with Gasteiger partial charge >= 0.3 is 5.97 Å². The molecule has 116 valence electrons. The number of rotatable bonds is 6. The summed E-state index contributed by atoms with van der Waals surface area (Å²) >= 11 is 6.21. The molecule has 0 aromatic heterocycles. The molecule has 1 N–H and O–H groups in total. The van der Waals surface area contributed by atoms with Crippen LogP contribution in [0.25, 0.3) is 0 Å². The van der Waals surface area contributed by atoms with Gasteiger partial charge in [0.1, 0.15) is 6.04 Å². The van der Waals surface area contributed by atoms with Crippen molar-refractivity contribution < 1.29 is 19.4 Å². The quantitative estimate of drug-likeness (QED) is 0.875. The molecule has 1 aliphatic rings. The van der Waals surface area contributed by atoms with Gasteiger partial charge in [0.15, 0.2) is 11.5 Å². The number of nitrogens with zero attached hydrogens (tertiary/aromatic N) is 1. The summed E-state index contributed by atoms with van der Waals surface area (Å²) in [6.07, 6.45) is 1.59. The molecule has 1 fully saturated rings. The predicted molar refractivity (Wildman–Crippen MR) is 80.2 cm³/mol. The van der Waals surface area contributed by atoms with Crippen LogP contribution in [0, 0.1) is 0 Å². The molecule has 5 nitrogen and oxygen atoms in total. The standard InChI is InChI=1S/C15H20ClNO4/c1-3-21-13-8-10(7-11(16)14(13)20-2)9-17-6-4-5-12(17)15(18)19/h7-8,12H,3-6,9H2,1-2H3,(H,18,19)/t12-/m1/s1. The molecular formula is C15H20ClNO4. The fraction of sp³-hybridized carbons (Fsp3) is 0.533. The molecule has 2 rings (SSSR count). The third kappa shape index (κ3) is 3.60. The fourth-order valence-corrected chi connectivity index (χ4v) is 3.01. The number of carbonyl (C=O) groups is 1. The molecule has 1 atom stereocenters. The van der Waals surface area contributed by atoms with Crippen molar-refractivity contribution >= 4 is 17.6 Å². The molecule has 1 saturated heterocycles. The predicted octanol–water partition coefficient (Wildman–Crippen LogP) is 2.80. The topological polar surface area (TPSA) is 59.0 Å². The van der Waals surface area contributed by atoms with Crippen LogP contribution in [0.4, 0.5) is 0 Å². The number of benzene rings is 1. The van der Waals surface area contributed by atoms with Crippen molar-refractivity contribution in [3.8, 4) is 11.5 Å². The average Bonchev–Trinajstić information content (AvgIpc) is 2.87. The molecular weight excluding hydrogens is 294 g/mol. The molecule has 1 aromatic carbocycles. The van der Waals surface area contributed by atoms with Crippen LogP contribution in [0.2, 0.25) is 5.02 Å². The molecule has 0 amide bonds. The number of hydrogen-bond donors (Lipinski definition) is 1. The summed E-state index contributed by atoms with van der Waals surface area (Å²) in [5.74, 6) is 0.337. The summed E-state index contributed by atoms with van der Waals surface area (Å²) in [4.78, 5) is 13.2. The second-order valence-corrected chi connectivity index (χ2v) is 5.42. The van der Waals surface area contributed by atoms with Crippen molar-refractivity contribution in [2.45, 2.75) is 32.4 Å². The number of carboxylic acids is 1. The van der Waals surface area contributed by atoms with Crippen LogP contribution < -0.4 is 9.47 Å². The highest BCUT2D eigenvalue weighted by atomic mass is 35.5. The van der Waals surface area contributed by atoms with Crippen LogP contribution >= 0.6 is 11.6 Å². The molecule has 0 saturated carbocycles. The fourth-order valence-electron chi connectivity index (χ4n) is 2.70. The summed E-state index contributed by atoms with van der Waals surface area (Å²) in [7, 11) is 1.55. The Morgan fingerprint density at radius 1 is 1.52 bits per heavy atom. The second kappa shape index (κ2) is 7.00. The monoisotopic (exact) mass is 313 g/mol. The van der Waals surface area contributed by atoms with Gasteiger partial charge in [-0.1, -0.05) is 11.6 Å². The van der Waals surface area contributed by atoms with Crippen LogP contribution in [-0.2, 0) is 11.3 Å². The van der Waals surface area contributed by atoms with Crippen LogP contribution in [-0.4, -0.2) is 42.3 Å². The smallest absolute Gasteiger partial charge is 0.320 e. The zero-order valence-corrected chi connectivity index (χ0v) is 13.0. The van der Waals surface area contributed by atoms with E-state index < -0.39 is 12.0 Å². The number of hydrogen-bond acceptors (Lipinski definition) is 4. The Balaban J connectivity index is 2.22. The number of likely N-dealkylation sites (tertiary alicyclic amines) is 1. The second-order valence-electron chi connectivity index (χ2n) is 5.01. The van der Waals surface area contributed by atoms with E-state index in [0.717, 1.165) is 18.5 Å². The lowest BCUT2D eigenvalue weighted by Crippen LogP contribution is -2.35. The Labute approximate surface area is 129 Å². The molecule has 0 unspecified atom stereocenters. The first kappa shape index (κ1) is 15.9. The van der Waals surface area contributed by atoms with Crippen molar-refractivity contribution in [3.63, 3.8) is 0 Å². The highest BCUT2D eigenvalue weighted by molar-refractivity contribution is 6.32. The van der Waals surface area contributed by atoms with Crippen molar-refractivity contribution in [2.75, 3.05) is 20.3 Å². The van der Waals surface area contributed by atoms with Gasteiger partial charge in [-0.15, -0.1) is 0 Å². The first-order valence-corrected chi connectivity index (χ1v) is 7.40. The molecule has 21 heavy (non-hydrogen) atoms. The minimum atomic E-state index is -0.767. The van der Waals surface area contributed by atoms with Gasteiger partial charge < -0.3 is 14.6 Å². The number of methoxy groups -OCH3 is 1. The van der Waals surface area contributed by atoms with Crippen LogP contribution in [0.5, 0.6) is 11.5 Å². The summed E-state index contributed by atoms with van der Waals surface area (Å²) in [6, 6.07) is 3.26. The van der Waals surface area contributed by atoms with E-state index in [1.54, 1.807) is 13.2 Å². The van der Waals surface area contributed by atoms with Gasteiger partial charge in [-0.25, -0.2) is 0 Å². The normalized spacial score (nSPS) is 18.7. The largest absolute Gasteiger partial charge is 0.491 e. The molecule has 1 heterocycles. The van der Waals surface area contributed by atoms with E-state index in [4.69, 9.17) is 21.1 Å². The van der Waals surface area contributed by atoms with Gasteiger partial charge in [-0.2, -0.15) is 0 Å². The number of aliphatic carboxylic acids is 1. The van der Waals surface area contributed by atoms with Gasteiger partial charge in [0.25, 0.3) is 0 Å². The number of ether oxygens (including phenoxy) is 2. The minimum absolute atomic E-state index is 0.415. The van der Waals surface area contributed by atoms with Crippen molar-refractivity contribution in [3.05, 3.63) is 22.7 Å². The number of halogens is 1. The van der Waals surface area contributed by atoms with Crippen LogP contribution in [0.15, 0.2) is 12.1 Å². The van der Waals surface area contributed by atoms with E-state index in [1.165, 1.54) is 0 Å². The third-order valence-electron chi connectivity index (χ3n) is 3.61. The highest BCUT2D eigenvalue weighted by Gasteiger charge is 2.30. The summed E-state index contributed by atoms with van der Waals surface area (Å²) in [6.45, 7) is 3.73. The molecule has 1 aromatic rings. The van der Waals surface area contributed by atoms with Crippen molar-refractivity contribution in [2.24, 2.45) is 0 Å². The molecule has 0 spiro atoms. The SMILES string of the molecule is CCOc1cc(CN2CCC[C@@H]2C(=O)O)cc(Cl)c1OC. The maximum Gasteiger partial charge on any atom is 0.320 e. The van der Waals surface area contributed by atoms with Gasteiger partial charge in [-0.3, -0.25) is 9.69 Å². The van der Waals surface area contributed by atoms with Gasteiger partial charge in [-0.05, 0) is 44.0 Å². The molecule has 0 aliphatic carbocycles. The Morgan fingerprint density at radius 2 is 2.29 bits per heavy atom. The van der Waals surface area contributed by atoms with Gasteiger partial charge in [0, 0.05) is 6.54 Å². The Kier molecular flexibility index (Phi) is 5.31. The van der Waals surface area contributed by atoms with E-state index in [0.29, 0.717) is 36.1 Å². The van der Waals surface area contributed by atoms with Crippen molar-refractivity contribution in [1.29, 1.82) is 0 Å². The zero-order chi connectivity index (χ0) is 15.4. The Morgan fingerprint density at radius 3 is 2.90 bits per heavy atom. The van der Waals surface area contributed by atoms with E-state index in [-0.39, 0.29) is 0 Å². The highest BCUT2D eigenvalue weighted by Crippen LogP contribution is 2.37. The van der Waals surface area contributed by atoms with Crippen molar-refractivity contribution in [1.82, 2.24) is 4.90 Å². The lowest BCUT2D eigenvalue weighted by Gasteiger charge is -2.22. The molecule has 1 aliphatic heterocycles. The first-order valence-electron chi connectivity index (χ1n) is 7.02. The van der Waals surface area contributed by atoms with E-state index in [9.17, 15) is 9.90 Å². The summed E-state index contributed by atoms with van der Waals surface area (Å²) in [5.41, 5.74) is 0.928. The Hall–Kier alpha value is -1.46. The maximum atomic E-state index is 11.2. The zero-order valence-electron chi connectivity index (χ0n) is 12.3. The lowest BCUT2D eigenvalue weighted by atomic mass is 10.1. The lowest BCUT2D eigenvalue weighted by molar-refractivity contribution is -0.142. The molecule has 0 radical (unpaired) electrons. The van der Waals surface area contributed by atoms with Crippen LogP contribution in [0.3, 0.4) is 0 Å². The van der Waals surface area contributed by atoms with Crippen LogP contribution in [0.1, 0.15) is 25.3 Å². The average molecular weight is 314 g/mol.